The van der Waals surface area contributed by atoms with E-state index in [1.807, 2.05) is 13.8 Å². The number of anilines is 1. The Hall–Kier alpha value is -1.28. The fourth-order valence-corrected chi connectivity index (χ4v) is 3.17. The number of aromatic nitrogens is 1. The molecule has 20 heavy (non-hydrogen) atoms. The average Bonchev–Trinajstić information content (AvgIpc) is 2.79. The molecule has 3 N–H and O–H groups in total. The summed E-state index contributed by atoms with van der Waals surface area (Å²) >= 11 is 2.39. The first-order chi connectivity index (χ1) is 9.60. The fourth-order valence-electron chi connectivity index (χ4n) is 1.37. The van der Waals surface area contributed by atoms with Crippen LogP contribution in [0.4, 0.5) is 9.80 Å². The minimum absolute atomic E-state index is 0.0825. The summed E-state index contributed by atoms with van der Waals surface area (Å²) < 4.78 is 4.11. The molecule has 0 unspecified atom stereocenters. The predicted octanol–water partition coefficient (Wildman–Crippen LogP) is 3.27. The van der Waals surface area contributed by atoms with Crippen molar-refractivity contribution in [2.24, 2.45) is 0 Å². The molecule has 1 aromatic rings. The second kappa shape index (κ2) is 8.80. The van der Waals surface area contributed by atoms with Crippen LogP contribution in [0, 0.1) is 0 Å². The van der Waals surface area contributed by atoms with Crippen LogP contribution in [-0.4, -0.2) is 33.8 Å². The number of unbranched alkanes of at least 4 members (excludes halogenated alkanes) is 1. The molecule has 1 aromatic heterocycles. The van der Waals surface area contributed by atoms with Crippen LogP contribution in [0.2, 0.25) is 0 Å². The number of aromatic carboxylic acids is 1. The zero-order valence-electron chi connectivity index (χ0n) is 11.6. The van der Waals surface area contributed by atoms with E-state index in [0.29, 0.717) is 11.6 Å². The molecule has 112 valence electrons. The molecule has 0 radical (unpaired) electrons. The number of carbonyl (C=O) groups excluding carboxylic acids is 1. The standard InChI is InChI=1S/C12H19N3O3S2/c1-3-5-6-13-12(18)14-9-8(11(16)17)10(15-20-9)19-7-4-2/h3-7H2,1-2H3,(H,16,17)(H2,13,14,18). The van der Waals surface area contributed by atoms with Crippen LogP contribution in [0.15, 0.2) is 5.03 Å². The molecule has 1 heterocycles. The van der Waals surface area contributed by atoms with Gasteiger partial charge in [-0.25, -0.2) is 9.59 Å². The topological polar surface area (TPSA) is 91.3 Å². The number of hydrogen-bond donors (Lipinski definition) is 3. The maximum atomic E-state index is 11.6. The second-order valence-corrected chi connectivity index (χ2v) is 5.94. The fraction of sp³-hybridized carbons (Fsp3) is 0.583. The Labute approximate surface area is 126 Å². The molecule has 0 aliphatic carbocycles. The minimum Gasteiger partial charge on any atom is -0.477 e. The summed E-state index contributed by atoms with van der Waals surface area (Å²) in [6.45, 7) is 4.61. The number of nitrogens with one attached hydrogen (secondary N) is 2. The second-order valence-electron chi connectivity index (χ2n) is 4.08. The van der Waals surface area contributed by atoms with Crippen molar-refractivity contribution in [3.8, 4) is 0 Å². The number of amides is 2. The summed E-state index contributed by atoms with van der Waals surface area (Å²) in [5.74, 6) is -0.271. The number of rotatable bonds is 8. The van der Waals surface area contributed by atoms with E-state index in [4.69, 9.17) is 0 Å². The summed E-state index contributed by atoms with van der Waals surface area (Å²) in [6.07, 6.45) is 2.81. The van der Waals surface area contributed by atoms with Crippen LogP contribution < -0.4 is 10.6 Å². The van der Waals surface area contributed by atoms with Gasteiger partial charge >= 0.3 is 12.0 Å². The molecule has 0 aromatic carbocycles. The third-order valence-corrected chi connectivity index (χ3v) is 4.42. The maximum absolute atomic E-state index is 11.6. The third kappa shape index (κ3) is 5.01. The molecular weight excluding hydrogens is 298 g/mol. The summed E-state index contributed by atoms with van der Waals surface area (Å²) in [6, 6.07) is -0.392. The highest BCUT2D eigenvalue weighted by molar-refractivity contribution is 7.99. The van der Waals surface area contributed by atoms with E-state index in [-0.39, 0.29) is 10.6 Å². The minimum atomic E-state index is -1.07. The van der Waals surface area contributed by atoms with Gasteiger partial charge in [-0.1, -0.05) is 20.3 Å². The lowest BCUT2D eigenvalue weighted by Crippen LogP contribution is -2.29. The molecule has 2 amide bonds. The van der Waals surface area contributed by atoms with Gasteiger partial charge < -0.3 is 10.4 Å². The van der Waals surface area contributed by atoms with Gasteiger partial charge in [-0.05, 0) is 30.1 Å². The summed E-state index contributed by atoms with van der Waals surface area (Å²) in [7, 11) is 0. The number of urea groups is 1. The zero-order chi connectivity index (χ0) is 15.0. The van der Waals surface area contributed by atoms with Crippen molar-refractivity contribution in [1.82, 2.24) is 9.69 Å². The van der Waals surface area contributed by atoms with Crippen LogP contribution in [0.1, 0.15) is 43.5 Å². The number of nitrogens with zero attached hydrogens (tertiary/aromatic N) is 1. The van der Waals surface area contributed by atoms with Gasteiger partial charge in [0.05, 0.1) is 0 Å². The van der Waals surface area contributed by atoms with E-state index in [1.165, 1.54) is 11.8 Å². The van der Waals surface area contributed by atoms with Crippen molar-refractivity contribution in [2.45, 2.75) is 38.1 Å². The highest BCUT2D eigenvalue weighted by Gasteiger charge is 2.21. The normalized spacial score (nSPS) is 10.3. The Morgan fingerprint density at radius 1 is 1.35 bits per heavy atom. The van der Waals surface area contributed by atoms with E-state index in [2.05, 4.69) is 15.0 Å². The highest BCUT2D eigenvalue weighted by atomic mass is 32.2. The van der Waals surface area contributed by atoms with Gasteiger partial charge in [0.25, 0.3) is 0 Å². The monoisotopic (exact) mass is 317 g/mol. The van der Waals surface area contributed by atoms with Crippen LogP contribution in [0.3, 0.4) is 0 Å². The molecule has 8 heteroatoms. The van der Waals surface area contributed by atoms with E-state index in [0.717, 1.165) is 36.5 Å². The maximum Gasteiger partial charge on any atom is 0.341 e. The van der Waals surface area contributed by atoms with Crippen molar-refractivity contribution < 1.29 is 14.7 Å². The smallest absolute Gasteiger partial charge is 0.341 e. The van der Waals surface area contributed by atoms with E-state index >= 15 is 0 Å². The number of hydrogen-bond acceptors (Lipinski definition) is 5. The van der Waals surface area contributed by atoms with Crippen LogP contribution >= 0.6 is 23.3 Å². The van der Waals surface area contributed by atoms with Gasteiger partial charge in [-0.2, -0.15) is 4.37 Å². The predicted molar refractivity (Wildman–Crippen MR) is 82.0 cm³/mol. The van der Waals surface area contributed by atoms with Crippen LogP contribution in [-0.2, 0) is 0 Å². The number of thioether (sulfide) groups is 1. The lowest BCUT2D eigenvalue weighted by Gasteiger charge is -2.06. The first-order valence-corrected chi connectivity index (χ1v) is 8.26. The molecule has 0 aliphatic heterocycles. The molecule has 0 aliphatic rings. The van der Waals surface area contributed by atoms with Gasteiger partial charge in [0, 0.05) is 6.54 Å². The molecule has 0 saturated carbocycles. The Bertz CT molecular complexity index is 463. The van der Waals surface area contributed by atoms with Crippen molar-refractivity contribution in [2.75, 3.05) is 17.6 Å². The largest absolute Gasteiger partial charge is 0.477 e. The molecular formula is C12H19N3O3S2. The molecule has 0 fully saturated rings. The van der Waals surface area contributed by atoms with E-state index in [9.17, 15) is 14.7 Å². The molecule has 0 bridgehead atoms. The first-order valence-electron chi connectivity index (χ1n) is 6.50. The van der Waals surface area contributed by atoms with Crippen molar-refractivity contribution in [3.05, 3.63) is 5.56 Å². The van der Waals surface area contributed by atoms with Crippen LogP contribution in [0.25, 0.3) is 0 Å². The molecule has 0 spiro atoms. The quantitative estimate of drug-likeness (QED) is 0.505. The van der Waals surface area contributed by atoms with Gasteiger partial charge in [-0.15, -0.1) is 11.8 Å². The van der Waals surface area contributed by atoms with Gasteiger partial charge in [-0.3, -0.25) is 5.32 Å². The lowest BCUT2D eigenvalue weighted by molar-refractivity contribution is 0.0694. The lowest BCUT2D eigenvalue weighted by atomic mass is 10.3. The molecule has 0 saturated heterocycles. The number of carbonyl (C=O) groups is 2. The van der Waals surface area contributed by atoms with Crippen molar-refractivity contribution in [3.63, 3.8) is 0 Å². The van der Waals surface area contributed by atoms with Gasteiger partial charge in [0.15, 0.2) is 0 Å². The Balaban J connectivity index is 2.71. The Morgan fingerprint density at radius 2 is 2.10 bits per heavy atom. The SMILES string of the molecule is CCCCNC(=O)Nc1snc(SCCC)c1C(=O)O. The molecule has 1 rings (SSSR count). The highest BCUT2D eigenvalue weighted by Crippen LogP contribution is 2.32. The Morgan fingerprint density at radius 3 is 2.70 bits per heavy atom. The summed E-state index contributed by atoms with van der Waals surface area (Å²) in [5, 5.41) is 15.2. The molecule has 6 nitrogen and oxygen atoms in total. The summed E-state index contributed by atoms with van der Waals surface area (Å²) in [5.41, 5.74) is 0.0825. The van der Waals surface area contributed by atoms with Gasteiger partial charge in [0.2, 0.25) is 0 Å². The van der Waals surface area contributed by atoms with E-state index in [1.54, 1.807) is 0 Å². The van der Waals surface area contributed by atoms with Crippen LogP contribution in [0.5, 0.6) is 0 Å². The van der Waals surface area contributed by atoms with Crippen molar-refractivity contribution in [1.29, 1.82) is 0 Å². The zero-order valence-corrected chi connectivity index (χ0v) is 13.2. The summed E-state index contributed by atoms with van der Waals surface area (Å²) in [4.78, 5) is 22.9. The van der Waals surface area contributed by atoms with E-state index < -0.39 is 12.0 Å². The number of carboxylic acids is 1. The average molecular weight is 317 g/mol. The van der Waals surface area contributed by atoms with Crippen molar-refractivity contribution >= 4 is 40.3 Å². The Kier molecular flexibility index (Phi) is 7.38. The number of carboxylic acid groups (broad SMARTS) is 1. The first kappa shape index (κ1) is 16.8. The van der Waals surface area contributed by atoms with Gasteiger partial charge in [0.1, 0.15) is 15.6 Å². The third-order valence-electron chi connectivity index (χ3n) is 2.36. The molecule has 0 atom stereocenters.